The van der Waals surface area contributed by atoms with Crippen molar-refractivity contribution < 1.29 is 17.9 Å². The number of rotatable bonds is 4. The Bertz CT molecular complexity index is 894. The van der Waals surface area contributed by atoms with Gasteiger partial charge in [0, 0.05) is 18.5 Å². The quantitative estimate of drug-likeness (QED) is 0.889. The van der Waals surface area contributed by atoms with Crippen molar-refractivity contribution in [1.82, 2.24) is 4.90 Å². The number of nitrogens with zero attached hydrogens (tertiary/aromatic N) is 1. The van der Waals surface area contributed by atoms with Crippen LogP contribution >= 0.6 is 0 Å². The lowest BCUT2D eigenvalue weighted by atomic mass is 10.0. The second-order valence-corrected chi connectivity index (χ2v) is 8.37. The zero-order valence-corrected chi connectivity index (χ0v) is 15.6. The van der Waals surface area contributed by atoms with E-state index < -0.39 is 9.84 Å². The molecule has 2 aromatic carbocycles. The molecule has 0 aliphatic carbocycles. The Morgan fingerprint density at radius 2 is 1.92 bits per heavy atom. The van der Waals surface area contributed by atoms with E-state index in [0.29, 0.717) is 12.2 Å². The van der Waals surface area contributed by atoms with E-state index >= 15 is 0 Å². The van der Waals surface area contributed by atoms with Gasteiger partial charge in [0.05, 0.1) is 18.0 Å². The minimum Gasteiger partial charge on any atom is -0.497 e. The minimum absolute atomic E-state index is 0.000364. The lowest BCUT2D eigenvalue weighted by molar-refractivity contribution is 0.207. The fraction of sp³-hybridized carbons (Fsp3) is 0.316. The summed E-state index contributed by atoms with van der Waals surface area (Å²) in [4.78, 5) is 14.7. The third-order valence-corrected chi connectivity index (χ3v) is 5.65. The normalized spacial score (nSPS) is 17.2. The summed E-state index contributed by atoms with van der Waals surface area (Å²) in [6, 6.07) is 13.8. The Hall–Kier alpha value is -2.54. The molecule has 0 bridgehead atoms. The van der Waals surface area contributed by atoms with Crippen molar-refractivity contribution in [1.29, 1.82) is 0 Å². The Morgan fingerprint density at radius 3 is 2.58 bits per heavy atom. The van der Waals surface area contributed by atoms with Crippen LogP contribution in [0.4, 0.5) is 10.5 Å². The fourth-order valence-electron chi connectivity index (χ4n) is 3.19. The van der Waals surface area contributed by atoms with Crippen LogP contribution in [-0.4, -0.2) is 39.3 Å². The lowest BCUT2D eigenvalue weighted by Gasteiger charge is -2.25. The number of urea groups is 1. The third-order valence-electron chi connectivity index (χ3n) is 4.53. The first-order valence-corrected chi connectivity index (χ1v) is 10.3. The number of likely N-dealkylation sites (tertiary alicyclic amines) is 1. The summed E-state index contributed by atoms with van der Waals surface area (Å²) in [7, 11) is -1.63. The van der Waals surface area contributed by atoms with Crippen LogP contribution in [0.15, 0.2) is 53.4 Å². The van der Waals surface area contributed by atoms with E-state index in [9.17, 15) is 13.2 Å². The zero-order valence-electron chi connectivity index (χ0n) is 14.8. The van der Waals surface area contributed by atoms with Gasteiger partial charge < -0.3 is 15.0 Å². The lowest BCUT2D eigenvalue weighted by Crippen LogP contribution is -2.34. The van der Waals surface area contributed by atoms with E-state index in [1.165, 1.54) is 12.1 Å². The van der Waals surface area contributed by atoms with Crippen molar-refractivity contribution in [2.45, 2.75) is 23.8 Å². The van der Waals surface area contributed by atoms with Crippen LogP contribution in [0, 0.1) is 0 Å². The number of ether oxygens (including phenoxy) is 1. The number of methoxy groups -OCH3 is 1. The molecule has 1 saturated heterocycles. The fourth-order valence-corrected chi connectivity index (χ4v) is 3.82. The standard InChI is InChI=1S/C19H22N2O4S/c1-25-16-6-3-5-14(13-16)18-7-4-12-21(18)19(22)20-15-8-10-17(11-9-15)26(2,23)24/h3,5-6,8-11,13,18H,4,7,12H2,1-2H3,(H,20,22)/t18-/m1/s1. The van der Waals surface area contributed by atoms with Crippen LogP contribution in [0.25, 0.3) is 0 Å². The molecular weight excluding hydrogens is 352 g/mol. The van der Waals surface area contributed by atoms with Crippen LogP contribution in [0.2, 0.25) is 0 Å². The Kier molecular flexibility index (Phi) is 5.18. The molecule has 138 valence electrons. The largest absolute Gasteiger partial charge is 0.497 e. The molecule has 0 unspecified atom stereocenters. The van der Waals surface area contributed by atoms with Gasteiger partial charge in [0.2, 0.25) is 0 Å². The molecule has 1 fully saturated rings. The van der Waals surface area contributed by atoms with Crippen LogP contribution in [-0.2, 0) is 9.84 Å². The molecule has 1 N–H and O–H groups in total. The van der Waals surface area contributed by atoms with E-state index in [1.54, 1.807) is 24.1 Å². The molecule has 7 heteroatoms. The Balaban J connectivity index is 1.74. The predicted octanol–water partition coefficient (Wildman–Crippen LogP) is 3.47. The highest BCUT2D eigenvalue weighted by molar-refractivity contribution is 7.90. The van der Waals surface area contributed by atoms with Gasteiger partial charge in [-0.25, -0.2) is 13.2 Å². The predicted molar refractivity (Wildman–Crippen MR) is 100 cm³/mol. The van der Waals surface area contributed by atoms with Gasteiger partial charge >= 0.3 is 6.03 Å². The number of carbonyl (C=O) groups is 1. The van der Waals surface area contributed by atoms with Crippen molar-refractivity contribution in [3.8, 4) is 5.75 Å². The van der Waals surface area contributed by atoms with Crippen LogP contribution < -0.4 is 10.1 Å². The van der Waals surface area contributed by atoms with Crippen LogP contribution in [0.1, 0.15) is 24.4 Å². The second-order valence-electron chi connectivity index (χ2n) is 6.35. The molecular formula is C19H22N2O4S. The summed E-state index contributed by atoms with van der Waals surface area (Å²) in [5.74, 6) is 0.770. The van der Waals surface area contributed by atoms with Crippen LogP contribution in [0.3, 0.4) is 0 Å². The van der Waals surface area contributed by atoms with Gasteiger partial charge in [0.25, 0.3) is 0 Å². The number of benzene rings is 2. The molecule has 6 nitrogen and oxygen atoms in total. The van der Waals surface area contributed by atoms with Crippen molar-refractivity contribution >= 4 is 21.6 Å². The van der Waals surface area contributed by atoms with Gasteiger partial charge in [0.1, 0.15) is 5.75 Å². The molecule has 1 aliphatic heterocycles. The van der Waals surface area contributed by atoms with Gasteiger partial charge in [-0.1, -0.05) is 12.1 Å². The van der Waals surface area contributed by atoms with Gasteiger partial charge in [-0.3, -0.25) is 0 Å². The van der Waals surface area contributed by atoms with Crippen molar-refractivity contribution in [3.05, 3.63) is 54.1 Å². The molecule has 3 rings (SSSR count). The summed E-state index contributed by atoms with van der Waals surface area (Å²) < 4.78 is 28.3. The Labute approximate surface area is 153 Å². The average Bonchev–Trinajstić information content (AvgIpc) is 3.11. The first-order chi connectivity index (χ1) is 12.4. The second kappa shape index (κ2) is 7.37. The number of hydrogen-bond acceptors (Lipinski definition) is 4. The Morgan fingerprint density at radius 1 is 1.19 bits per heavy atom. The molecule has 0 spiro atoms. The maximum absolute atomic E-state index is 12.7. The van der Waals surface area contributed by atoms with Crippen molar-refractivity contribution in [2.75, 3.05) is 25.2 Å². The van der Waals surface area contributed by atoms with Gasteiger partial charge in [0.15, 0.2) is 9.84 Å². The van der Waals surface area contributed by atoms with Gasteiger partial charge in [-0.15, -0.1) is 0 Å². The summed E-state index contributed by atoms with van der Waals surface area (Å²) in [6.45, 7) is 0.676. The van der Waals surface area contributed by atoms with E-state index in [-0.39, 0.29) is 17.0 Å². The molecule has 0 radical (unpaired) electrons. The van der Waals surface area contributed by atoms with E-state index in [1.807, 2.05) is 24.3 Å². The first-order valence-electron chi connectivity index (χ1n) is 8.40. The van der Waals surface area contributed by atoms with Gasteiger partial charge in [-0.05, 0) is 54.8 Å². The van der Waals surface area contributed by atoms with Gasteiger partial charge in [-0.2, -0.15) is 0 Å². The molecule has 0 saturated carbocycles. The third kappa shape index (κ3) is 3.99. The SMILES string of the molecule is COc1cccc([C@H]2CCCN2C(=O)Nc2ccc(S(C)(=O)=O)cc2)c1. The smallest absolute Gasteiger partial charge is 0.322 e. The number of hydrogen-bond donors (Lipinski definition) is 1. The number of amides is 2. The van der Waals surface area contributed by atoms with Crippen molar-refractivity contribution in [3.63, 3.8) is 0 Å². The minimum atomic E-state index is -3.25. The molecule has 2 aromatic rings. The highest BCUT2D eigenvalue weighted by Crippen LogP contribution is 2.33. The maximum atomic E-state index is 12.7. The number of sulfone groups is 1. The number of anilines is 1. The maximum Gasteiger partial charge on any atom is 0.322 e. The van der Waals surface area contributed by atoms with E-state index in [4.69, 9.17) is 4.74 Å². The summed E-state index contributed by atoms with van der Waals surface area (Å²) in [5.41, 5.74) is 1.61. The van der Waals surface area contributed by atoms with Crippen molar-refractivity contribution in [2.24, 2.45) is 0 Å². The average molecular weight is 374 g/mol. The summed E-state index contributed by atoms with van der Waals surface area (Å²) >= 11 is 0. The highest BCUT2D eigenvalue weighted by atomic mass is 32.2. The molecule has 1 atom stereocenters. The summed E-state index contributed by atoms with van der Waals surface area (Å²) in [6.07, 6.45) is 2.99. The molecule has 26 heavy (non-hydrogen) atoms. The van der Waals surface area contributed by atoms with E-state index in [0.717, 1.165) is 30.4 Å². The summed E-state index contributed by atoms with van der Waals surface area (Å²) in [5, 5.41) is 2.85. The molecule has 1 heterocycles. The highest BCUT2D eigenvalue weighted by Gasteiger charge is 2.30. The van der Waals surface area contributed by atoms with Crippen LogP contribution in [0.5, 0.6) is 5.75 Å². The number of carbonyl (C=O) groups excluding carboxylic acids is 1. The zero-order chi connectivity index (χ0) is 18.7. The topological polar surface area (TPSA) is 75.7 Å². The first kappa shape index (κ1) is 18.3. The molecule has 0 aromatic heterocycles. The monoisotopic (exact) mass is 374 g/mol. The van der Waals surface area contributed by atoms with E-state index in [2.05, 4.69) is 5.32 Å². The molecule has 1 aliphatic rings. The number of nitrogens with one attached hydrogen (secondary N) is 1. The molecule has 2 amide bonds.